The number of unbranched alkanes of at least 4 members (excludes halogenated alkanes) is 2. The molecule has 0 saturated carbocycles. The summed E-state index contributed by atoms with van der Waals surface area (Å²) < 4.78 is 1.90. The van der Waals surface area contributed by atoms with E-state index in [2.05, 4.69) is 11.9 Å². The normalized spacial score (nSPS) is 11.1. The summed E-state index contributed by atoms with van der Waals surface area (Å²) in [5.74, 6) is -0.782. The number of imidazole rings is 1. The molecule has 17 heavy (non-hydrogen) atoms. The van der Waals surface area contributed by atoms with E-state index >= 15 is 0 Å². The van der Waals surface area contributed by atoms with E-state index in [1.165, 1.54) is 17.7 Å². The molecule has 4 nitrogen and oxygen atoms in total. The average Bonchev–Trinajstić information content (AvgIpc) is 2.82. The minimum absolute atomic E-state index is 0.0812. The Morgan fingerprint density at radius 3 is 3.06 bits per heavy atom. The van der Waals surface area contributed by atoms with Crippen molar-refractivity contribution in [3.05, 3.63) is 23.0 Å². The summed E-state index contributed by atoms with van der Waals surface area (Å²) in [6.07, 6.45) is 8.08. The van der Waals surface area contributed by atoms with Gasteiger partial charge in [-0.15, -0.1) is 11.3 Å². The standard InChI is InChI=1S/C12H16N2O2S/c1-2-3-4-5-10-9(8-11(15)16)14-7-6-13-12(14)17-10/h6-7H,2-5,8H2,1H3,(H,15,16). The third-order valence-corrected chi connectivity index (χ3v) is 3.93. The first-order valence-corrected chi connectivity index (χ1v) is 6.69. The lowest BCUT2D eigenvalue weighted by atomic mass is 10.1. The monoisotopic (exact) mass is 252 g/mol. The number of carboxylic acid groups (broad SMARTS) is 1. The fourth-order valence-corrected chi connectivity index (χ4v) is 3.07. The summed E-state index contributed by atoms with van der Waals surface area (Å²) in [6.45, 7) is 2.17. The van der Waals surface area contributed by atoms with Crippen LogP contribution in [0.2, 0.25) is 0 Å². The first kappa shape index (κ1) is 12.1. The molecule has 0 aromatic carbocycles. The molecule has 1 N–H and O–H groups in total. The molecule has 0 saturated heterocycles. The molecule has 2 rings (SSSR count). The molecule has 0 bridgehead atoms. The van der Waals surface area contributed by atoms with Crippen LogP contribution >= 0.6 is 11.3 Å². The lowest BCUT2D eigenvalue weighted by molar-refractivity contribution is -0.136. The molecule has 0 unspecified atom stereocenters. The van der Waals surface area contributed by atoms with Crippen LogP contribution < -0.4 is 0 Å². The second-order valence-electron chi connectivity index (χ2n) is 4.08. The van der Waals surface area contributed by atoms with Gasteiger partial charge in [0.1, 0.15) is 0 Å². The van der Waals surface area contributed by atoms with Crippen molar-refractivity contribution in [1.29, 1.82) is 0 Å². The number of hydrogen-bond acceptors (Lipinski definition) is 3. The molecule has 2 aromatic heterocycles. The molecule has 92 valence electrons. The summed E-state index contributed by atoms with van der Waals surface area (Å²) >= 11 is 1.61. The van der Waals surface area contributed by atoms with Crippen molar-refractivity contribution in [1.82, 2.24) is 9.38 Å². The van der Waals surface area contributed by atoms with Crippen LogP contribution in [0.1, 0.15) is 36.8 Å². The van der Waals surface area contributed by atoms with E-state index in [4.69, 9.17) is 5.11 Å². The highest BCUT2D eigenvalue weighted by Crippen LogP contribution is 2.24. The van der Waals surface area contributed by atoms with Crippen LogP contribution in [0.3, 0.4) is 0 Å². The minimum atomic E-state index is -0.782. The number of hydrogen-bond donors (Lipinski definition) is 1. The summed E-state index contributed by atoms with van der Waals surface area (Å²) in [5.41, 5.74) is 0.895. The number of fused-ring (bicyclic) bond motifs is 1. The van der Waals surface area contributed by atoms with Crippen LogP contribution in [0, 0.1) is 0 Å². The minimum Gasteiger partial charge on any atom is -0.481 e. The van der Waals surface area contributed by atoms with Gasteiger partial charge in [0, 0.05) is 23.0 Å². The van der Waals surface area contributed by atoms with Crippen molar-refractivity contribution in [2.75, 3.05) is 0 Å². The third kappa shape index (κ3) is 2.66. The number of carbonyl (C=O) groups is 1. The maximum absolute atomic E-state index is 10.9. The van der Waals surface area contributed by atoms with Gasteiger partial charge in [0.15, 0.2) is 4.96 Å². The Labute approximate surface area is 104 Å². The quantitative estimate of drug-likeness (QED) is 0.804. The van der Waals surface area contributed by atoms with E-state index < -0.39 is 5.97 Å². The van der Waals surface area contributed by atoms with E-state index in [9.17, 15) is 4.79 Å². The molecule has 5 heteroatoms. The van der Waals surface area contributed by atoms with Crippen molar-refractivity contribution in [3.8, 4) is 0 Å². The number of carboxylic acids is 1. The van der Waals surface area contributed by atoms with Crippen LogP contribution in [0.15, 0.2) is 12.4 Å². The molecule has 0 aliphatic heterocycles. The number of thiazole rings is 1. The van der Waals surface area contributed by atoms with Gasteiger partial charge in [0.25, 0.3) is 0 Å². The van der Waals surface area contributed by atoms with Crippen LogP contribution in [-0.4, -0.2) is 20.5 Å². The Morgan fingerprint density at radius 2 is 2.35 bits per heavy atom. The van der Waals surface area contributed by atoms with Gasteiger partial charge in [-0.05, 0) is 12.8 Å². The fraction of sp³-hybridized carbons (Fsp3) is 0.500. The largest absolute Gasteiger partial charge is 0.481 e. The van der Waals surface area contributed by atoms with Gasteiger partial charge < -0.3 is 5.11 Å². The predicted octanol–water partition coefficient (Wildman–Crippen LogP) is 2.76. The van der Waals surface area contributed by atoms with Crippen LogP contribution in [0.25, 0.3) is 4.96 Å². The summed E-state index contributed by atoms with van der Waals surface area (Å²) in [7, 11) is 0. The van der Waals surface area contributed by atoms with Gasteiger partial charge >= 0.3 is 5.97 Å². The molecule has 0 aliphatic rings. The van der Waals surface area contributed by atoms with E-state index in [1.807, 2.05) is 10.6 Å². The number of aryl methyl sites for hydroxylation is 1. The molecule has 0 radical (unpaired) electrons. The van der Waals surface area contributed by atoms with Crippen molar-refractivity contribution in [3.63, 3.8) is 0 Å². The van der Waals surface area contributed by atoms with Crippen LogP contribution in [0.4, 0.5) is 0 Å². The van der Waals surface area contributed by atoms with Crippen molar-refractivity contribution >= 4 is 22.3 Å². The second kappa shape index (κ2) is 5.31. The molecule has 2 aromatic rings. The molecule has 0 aliphatic carbocycles. The molecule has 0 amide bonds. The topological polar surface area (TPSA) is 54.6 Å². The maximum atomic E-state index is 10.9. The number of rotatable bonds is 6. The summed E-state index contributed by atoms with van der Waals surface area (Å²) in [5, 5.41) is 8.95. The Kier molecular flexibility index (Phi) is 3.78. The van der Waals surface area contributed by atoms with Crippen molar-refractivity contribution in [2.45, 2.75) is 39.0 Å². The highest BCUT2D eigenvalue weighted by molar-refractivity contribution is 7.17. The van der Waals surface area contributed by atoms with Crippen LogP contribution in [-0.2, 0) is 17.6 Å². The summed E-state index contributed by atoms with van der Waals surface area (Å²) in [4.78, 5) is 17.2. The lowest BCUT2D eigenvalue weighted by Crippen LogP contribution is -2.05. The summed E-state index contributed by atoms with van der Waals surface area (Å²) in [6, 6.07) is 0. The average molecular weight is 252 g/mol. The zero-order chi connectivity index (χ0) is 12.3. The first-order chi connectivity index (χ1) is 8.22. The zero-order valence-electron chi connectivity index (χ0n) is 9.85. The van der Waals surface area contributed by atoms with Gasteiger partial charge in [0.2, 0.25) is 0 Å². The fourth-order valence-electron chi connectivity index (χ4n) is 1.93. The number of aromatic nitrogens is 2. The first-order valence-electron chi connectivity index (χ1n) is 5.87. The lowest BCUT2D eigenvalue weighted by Gasteiger charge is -2.01. The highest BCUT2D eigenvalue weighted by atomic mass is 32.1. The van der Waals surface area contributed by atoms with Gasteiger partial charge in [-0.1, -0.05) is 19.8 Å². The van der Waals surface area contributed by atoms with Crippen LogP contribution in [0.5, 0.6) is 0 Å². The second-order valence-corrected chi connectivity index (χ2v) is 5.14. The maximum Gasteiger partial charge on any atom is 0.309 e. The van der Waals surface area contributed by atoms with E-state index in [0.717, 1.165) is 23.5 Å². The molecule has 0 atom stereocenters. The molecule has 0 fully saturated rings. The predicted molar refractivity (Wildman–Crippen MR) is 67.6 cm³/mol. The Hall–Kier alpha value is -1.36. The van der Waals surface area contributed by atoms with Crippen molar-refractivity contribution in [2.24, 2.45) is 0 Å². The molecule has 0 spiro atoms. The smallest absolute Gasteiger partial charge is 0.309 e. The SMILES string of the molecule is CCCCCc1sc2nccn2c1CC(=O)O. The van der Waals surface area contributed by atoms with E-state index in [-0.39, 0.29) is 6.42 Å². The van der Waals surface area contributed by atoms with Gasteiger partial charge in [0.05, 0.1) is 6.42 Å². The Balaban J connectivity index is 2.25. The number of aliphatic carboxylic acids is 1. The van der Waals surface area contributed by atoms with E-state index in [0.29, 0.717) is 0 Å². The molecular formula is C12H16N2O2S. The van der Waals surface area contributed by atoms with Crippen molar-refractivity contribution < 1.29 is 9.90 Å². The van der Waals surface area contributed by atoms with Gasteiger partial charge in [-0.25, -0.2) is 4.98 Å². The molecule has 2 heterocycles. The van der Waals surface area contributed by atoms with E-state index in [1.54, 1.807) is 17.5 Å². The Morgan fingerprint density at radius 1 is 1.53 bits per heavy atom. The van der Waals surface area contributed by atoms with Gasteiger partial charge in [-0.2, -0.15) is 0 Å². The number of nitrogens with zero attached hydrogens (tertiary/aromatic N) is 2. The van der Waals surface area contributed by atoms with Gasteiger partial charge in [-0.3, -0.25) is 9.20 Å². The highest BCUT2D eigenvalue weighted by Gasteiger charge is 2.14. The molecular weight excluding hydrogens is 236 g/mol. The third-order valence-electron chi connectivity index (χ3n) is 2.76. The zero-order valence-corrected chi connectivity index (χ0v) is 10.7. The Bertz CT molecular complexity index is 516.